The number of rotatable bonds is 11. The van der Waals surface area contributed by atoms with Crippen molar-refractivity contribution in [2.24, 2.45) is 0 Å². The number of para-hydroxylation sites is 1. The number of hydrogen-bond acceptors (Lipinski definition) is 7. The van der Waals surface area contributed by atoms with E-state index in [1.807, 2.05) is 49.4 Å². The first-order valence-corrected chi connectivity index (χ1v) is 13.0. The molecule has 2 aromatic carbocycles. The van der Waals surface area contributed by atoms with E-state index in [4.69, 9.17) is 14.2 Å². The molecule has 9 heteroatoms. The predicted octanol–water partition coefficient (Wildman–Crippen LogP) is 2.20. The lowest BCUT2D eigenvalue weighted by molar-refractivity contribution is -0.137. The summed E-state index contributed by atoms with van der Waals surface area (Å²) in [5.74, 6) is 0.982. The van der Waals surface area contributed by atoms with Crippen molar-refractivity contribution < 1.29 is 34.0 Å². The summed E-state index contributed by atoms with van der Waals surface area (Å²) in [6, 6.07) is 12.1. The molecule has 1 heterocycles. The number of carbonyl (C=O) groups excluding carboxylic acids is 2. The summed E-state index contributed by atoms with van der Waals surface area (Å²) in [6.07, 6.45) is 1.29. The van der Waals surface area contributed by atoms with Crippen LogP contribution in [-0.4, -0.2) is 79.1 Å². The number of carbonyl (C=O) groups is 2. The van der Waals surface area contributed by atoms with Gasteiger partial charge in [-0.2, -0.15) is 0 Å². The summed E-state index contributed by atoms with van der Waals surface area (Å²) in [6.45, 7) is 2.11. The number of nitrogens with zero attached hydrogens (tertiary/aromatic N) is 1. The van der Waals surface area contributed by atoms with E-state index in [2.05, 4.69) is 5.32 Å². The molecule has 0 unspecified atom stereocenters. The number of hydrogen-bond donors (Lipinski definition) is 3. The fourth-order valence-electron chi connectivity index (χ4n) is 5.31. The van der Waals surface area contributed by atoms with Crippen LogP contribution in [0.2, 0.25) is 0 Å². The third-order valence-electron chi connectivity index (χ3n) is 7.13. The van der Waals surface area contributed by atoms with E-state index < -0.39 is 24.2 Å². The smallest absolute Gasteiger partial charge is 0.247 e. The lowest BCUT2D eigenvalue weighted by atomic mass is 9.77. The van der Waals surface area contributed by atoms with E-state index in [0.717, 1.165) is 11.1 Å². The van der Waals surface area contributed by atoms with E-state index in [1.54, 1.807) is 25.2 Å². The van der Waals surface area contributed by atoms with E-state index in [9.17, 15) is 19.8 Å². The molecule has 0 aromatic heterocycles. The molecular weight excluding hydrogens is 488 g/mol. The van der Waals surface area contributed by atoms with Crippen LogP contribution in [0.15, 0.2) is 54.1 Å². The molecule has 0 radical (unpaired) electrons. The summed E-state index contributed by atoms with van der Waals surface area (Å²) in [7, 11) is 3.18. The Balaban J connectivity index is 1.70. The third-order valence-corrected chi connectivity index (χ3v) is 7.13. The minimum Gasteiger partial charge on any atom is -0.497 e. The Morgan fingerprint density at radius 2 is 1.92 bits per heavy atom. The second-order valence-corrected chi connectivity index (χ2v) is 9.45. The number of aliphatic hydroxyl groups excluding tert-OH is 2. The van der Waals surface area contributed by atoms with Gasteiger partial charge in [0, 0.05) is 30.6 Å². The first-order valence-electron chi connectivity index (χ1n) is 13.0. The summed E-state index contributed by atoms with van der Waals surface area (Å²) in [5.41, 5.74) is 2.09. The van der Waals surface area contributed by atoms with Gasteiger partial charge in [0.1, 0.15) is 29.5 Å². The molecule has 2 aromatic rings. The fraction of sp³-hybridized carbons (Fsp3) is 0.448. The van der Waals surface area contributed by atoms with Crippen molar-refractivity contribution in [2.45, 2.75) is 50.4 Å². The highest BCUT2D eigenvalue weighted by molar-refractivity contribution is 5.96. The van der Waals surface area contributed by atoms with E-state index in [-0.39, 0.29) is 31.5 Å². The van der Waals surface area contributed by atoms with E-state index >= 15 is 0 Å². The lowest BCUT2D eigenvalue weighted by Crippen LogP contribution is -2.56. The molecule has 1 aliphatic carbocycles. The topological polar surface area (TPSA) is 118 Å². The fourth-order valence-corrected chi connectivity index (χ4v) is 5.31. The minimum atomic E-state index is -1.06. The maximum absolute atomic E-state index is 13.4. The standard InChI is InChI=1S/C29H36N2O7/c1-4-7-25(33)31(14-12-18-16-19(36-2)10-11-23(18)37-3)22-17-21(29(35)30-13-15-32)26-20-8-5-6-9-24(20)38-28(26)27(22)34/h5-6,8-11,16-17,22,26-28,32,34H,4,7,12-15H2,1-3H3,(H,30,35)/t22-,26+,27+,28+/m1/s1. The zero-order chi connectivity index (χ0) is 27.2. The van der Waals surface area contributed by atoms with Crippen LogP contribution in [0.5, 0.6) is 17.2 Å². The Morgan fingerprint density at radius 1 is 1.13 bits per heavy atom. The number of ether oxygens (including phenoxy) is 3. The highest BCUT2D eigenvalue weighted by atomic mass is 16.5. The van der Waals surface area contributed by atoms with Crippen molar-refractivity contribution in [1.29, 1.82) is 0 Å². The van der Waals surface area contributed by atoms with E-state index in [1.165, 1.54) is 0 Å². The Labute approximate surface area is 223 Å². The van der Waals surface area contributed by atoms with Crippen LogP contribution >= 0.6 is 0 Å². The number of amides is 2. The average Bonchev–Trinajstić information content (AvgIpc) is 3.33. The maximum atomic E-state index is 13.4. The van der Waals surface area contributed by atoms with Crippen molar-refractivity contribution in [2.75, 3.05) is 33.9 Å². The molecule has 4 atom stereocenters. The summed E-state index contributed by atoms with van der Waals surface area (Å²) < 4.78 is 17.0. The number of nitrogens with one attached hydrogen (secondary N) is 1. The molecule has 3 N–H and O–H groups in total. The molecular formula is C29H36N2O7. The molecule has 0 bridgehead atoms. The van der Waals surface area contributed by atoms with Crippen LogP contribution < -0.4 is 19.5 Å². The van der Waals surface area contributed by atoms with Crippen molar-refractivity contribution in [3.05, 3.63) is 65.2 Å². The Hall–Kier alpha value is -3.56. The average molecular weight is 525 g/mol. The van der Waals surface area contributed by atoms with Crippen molar-refractivity contribution in [3.63, 3.8) is 0 Å². The molecule has 0 spiro atoms. The summed E-state index contributed by atoms with van der Waals surface area (Å²) in [5, 5.41) is 23.6. The molecule has 4 rings (SSSR count). The van der Waals surface area contributed by atoms with Crippen molar-refractivity contribution in [1.82, 2.24) is 10.2 Å². The van der Waals surface area contributed by atoms with Gasteiger partial charge in [0.2, 0.25) is 11.8 Å². The van der Waals surface area contributed by atoms with Crippen LogP contribution in [0.1, 0.15) is 36.8 Å². The van der Waals surface area contributed by atoms with Gasteiger partial charge in [-0.1, -0.05) is 25.1 Å². The molecule has 204 valence electrons. The zero-order valence-electron chi connectivity index (χ0n) is 22.1. The largest absolute Gasteiger partial charge is 0.497 e. The number of methoxy groups -OCH3 is 2. The van der Waals surface area contributed by atoms with Crippen molar-refractivity contribution >= 4 is 11.8 Å². The summed E-state index contributed by atoms with van der Waals surface area (Å²) >= 11 is 0. The van der Waals surface area contributed by atoms with Crippen LogP contribution in [0.4, 0.5) is 0 Å². The van der Waals surface area contributed by atoms with Gasteiger partial charge < -0.3 is 34.6 Å². The van der Waals surface area contributed by atoms with Crippen molar-refractivity contribution in [3.8, 4) is 17.2 Å². The third kappa shape index (κ3) is 5.49. The monoisotopic (exact) mass is 524 g/mol. The second-order valence-electron chi connectivity index (χ2n) is 9.45. The van der Waals surface area contributed by atoms with Gasteiger partial charge in [0.15, 0.2) is 0 Å². The van der Waals surface area contributed by atoms with Gasteiger partial charge in [-0.15, -0.1) is 0 Å². The highest BCUT2D eigenvalue weighted by Crippen LogP contribution is 2.47. The molecule has 0 fully saturated rings. The Bertz CT molecular complexity index is 1180. The van der Waals surface area contributed by atoms with Gasteiger partial charge in [0.25, 0.3) is 0 Å². The molecule has 1 aliphatic heterocycles. The SMILES string of the molecule is CCCC(=O)N(CCc1cc(OC)ccc1OC)[C@@H]1C=C(C(=O)NCCO)[C@@H]2c3ccccc3O[C@@H]2[C@H]1O. The molecule has 0 saturated carbocycles. The van der Waals surface area contributed by atoms with Gasteiger partial charge >= 0.3 is 0 Å². The van der Waals surface area contributed by atoms with Crippen LogP contribution in [-0.2, 0) is 16.0 Å². The van der Waals surface area contributed by atoms with Crippen LogP contribution in [0.25, 0.3) is 0 Å². The second kappa shape index (κ2) is 12.3. The van der Waals surface area contributed by atoms with Gasteiger partial charge in [-0.05, 0) is 48.7 Å². The first kappa shape index (κ1) is 27.5. The molecule has 2 amide bonds. The number of benzene rings is 2. The number of fused-ring (bicyclic) bond motifs is 3. The lowest BCUT2D eigenvalue weighted by Gasteiger charge is -2.41. The normalized spacial score (nSPS) is 21.4. The Morgan fingerprint density at radius 3 is 2.63 bits per heavy atom. The number of aliphatic hydroxyl groups is 2. The molecule has 0 saturated heterocycles. The zero-order valence-corrected chi connectivity index (χ0v) is 22.1. The quantitative estimate of drug-likeness (QED) is 0.413. The molecule has 2 aliphatic rings. The van der Waals surface area contributed by atoms with Crippen LogP contribution in [0.3, 0.4) is 0 Å². The first-order chi connectivity index (χ1) is 18.4. The molecule has 38 heavy (non-hydrogen) atoms. The van der Waals surface area contributed by atoms with Gasteiger partial charge in [-0.25, -0.2) is 0 Å². The van der Waals surface area contributed by atoms with Gasteiger partial charge in [0.05, 0.1) is 32.8 Å². The van der Waals surface area contributed by atoms with Gasteiger partial charge in [-0.3, -0.25) is 9.59 Å². The predicted molar refractivity (Wildman–Crippen MR) is 141 cm³/mol. The maximum Gasteiger partial charge on any atom is 0.247 e. The summed E-state index contributed by atoms with van der Waals surface area (Å²) in [4.78, 5) is 28.3. The molecule has 9 nitrogen and oxygen atoms in total. The highest BCUT2D eigenvalue weighted by Gasteiger charge is 2.50. The van der Waals surface area contributed by atoms with Crippen LogP contribution in [0, 0.1) is 0 Å². The Kier molecular flexibility index (Phi) is 8.91. The van der Waals surface area contributed by atoms with E-state index in [0.29, 0.717) is 42.1 Å². The minimum absolute atomic E-state index is 0.0946.